The molecule has 2 heterocycles. The maximum absolute atomic E-state index is 9.62. The predicted molar refractivity (Wildman–Crippen MR) is 96.0 cm³/mol. The van der Waals surface area contributed by atoms with Gasteiger partial charge in [-0.1, -0.05) is 18.2 Å². The van der Waals surface area contributed by atoms with E-state index < -0.39 is 0 Å². The third-order valence-electron chi connectivity index (χ3n) is 4.50. The van der Waals surface area contributed by atoms with E-state index in [1.807, 2.05) is 61.1 Å². The Kier molecular flexibility index (Phi) is 3.27. The van der Waals surface area contributed by atoms with Gasteiger partial charge >= 0.3 is 0 Å². The number of benzene rings is 2. The van der Waals surface area contributed by atoms with Crippen LogP contribution in [0.15, 0.2) is 53.1 Å². The van der Waals surface area contributed by atoms with Crippen molar-refractivity contribution in [1.82, 2.24) is 0 Å². The van der Waals surface area contributed by atoms with E-state index in [2.05, 4.69) is 10.9 Å². The van der Waals surface area contributed by atoms with Crippen LogP contribution in [0, 0.1) is 24.8 Å². The number of para-hydroxylation sites is 1. The molecule has 0 aliphatic heterocycles. The fourth-order valence-corrected chi connectivity index (χ4v) is 3.37. The molecule has 118 valence electrons. The lowest BCUT2D eigenvalue weighted by Crippen LogP contribution is -2.30. The minimum Gasteiger partial charge on any atom is -0.466 e. The first kappa shape index (κ1) is 14.9. The number of fused-ring (bicyclic) bond motifs is 3. The molecule has 0 spiro atoms. The lowest BCUT2D eigenvalue weighted by molar-refractivity contribution is -0.660. The van der Waals surface area contributed by atoms with Gasteiger partial charge in [0.15, 0.2) is 6.20 Å². The third kappa shape index (κ3) is 2.09. The first-order chi connectivity index (χ1) is 12.2. The highest BCUT2D eigenvalue weighted by Gasteiger charge is 2.23. The number of pyridine rings is 1. The third-order valence-corrected chi connectivity index (χ3v) is 4.50. The van der Waals surface area contributed by atoms with Crippen LogP contribution in [0.3, 0.4) is 0 Å². The van der Waals surface area contributed by atoms with Crippen LogP contribution in [-0.4, -0.2) is 0 Å². The monoisotopic (exact) mass is 324 g/mol. The van der Waals surface area contributed by atoms with Crippen LogP contribution in [0.5, 0.6) is 0 Å². The molecule has 4 rings (SSSR count). The fourth-order valence-electron chi connectivity index (χ4n) is 3.37. The highest BCUT2D eigenvalue weighted by atomic mass is 16.3. The Morgan fingerprint density at radius 1 is 1.16 bits per heavy atom. The topological polar surface area (TPSA) is 45.2 Å². The summed E-state index contributed by atoms with van der Waals surface area (Å²) >= 11 is 0. The first-order valence-electron chi connectivity index (χ1n) is 7.87. The van der Waals surface area contributed by atoms with Crippen molar-refractivity contribution in [3.63, 3.8) is 0 Å². The summed E-state index contributed by atoms with van der Waals surface area (Å²) in [5.74, 6) is 0. The van der Waals surface area contributed by atoms with Gasteiger partial charge < -0.3 is 4.42 Å². The van der Waals surface area contributed by atoms with Crippen LogP contribution < -0.4 is 4.57 Å². The molecule has 0 atom stereocenters. The van der Waals surface area contributed by atoms with Crippen molar-refractivity contribution in [3.05, 3.63) is 71.2 Å². The maximum atomic E-state index is 9.62. The minimum atomic E-state index is 0.457. The van der Waals surface area contributed by atoms with E-state index in [9.17, 15) is 5.26 Å². The summed E-state index contributed by atoms with van der Waals surface area (Å²) < 4.78 is 8.18. The van der Waals surface area contributed by atoms with Crippen LogP contribution in [0.4, 0.5) is 5.69 Å². The van der Waals surface area contributed by atoms with Gasteiger partial charge in [-0.25, -0.2) is 9.41 Å². The molecule has 0 N–H and O–H groups in total. The summed E-state index contributed by atoms with van der Waals surface area (Å²) in [6.45, 7) is 9.37. The van der Waals surface area contributed by atoms with E-state index >= 15 is 0 Å². The van der Waals surface area contributed by atoms with Gasteiger partial charge in [-0.3, -0.25) is 0 Å². The van der Waals surface area contributed by atoms with Crippen LogP contribution >= 0.6 is 0 Å². The second-order valence-electron chi connectivity index (χ2n) is 6.00. The van der Waals surface area contributed by atoms with Crippen molar-refractivity contribution < 1.29 is 8.98 Å². The smallest absolute Gasteiger partial charge is 0.229 e. The van der Waals surface area contributed by atoms with Gasteiger partial charge in [-0.2, -0.15) is 5.26 Å². The van der Waals surface area contributed by atoms with Crippen LogP contribution in [-0.2, 0) is 7.05 Å². The van der Waals surface area contributed by atoms with E-state index in [0.717, 1.165) is 27.6 Å². The lowest BCUT2D eigenvalue weighted by atomic mass is 9.96. The predicted octanol–water partition coefficient (Wildman–Crippen LogP) is 4.81. The Morgan fingerprint density at radius 2 is 2.00 bits per heavy atom. The van der Waals surface area contributed by atoms with Gasteiger partial charge in [0, 0.05) is 22.9 Å². The second kappa shape index (κ2) is 5.47. The Bertz CT molecular complexity index is 1240. The van der Waals surface area contributed by atoms with E-state index in [-0.39, 0.29) is 0 Å². The van der Waals surface area contributed by atoms with Crippen molar-refractivity contribution in [2.75, 3.05) is 0 Å². The van der Waals surface area contributed by atoms with E-state index in [1.165, 1.54) is 0 Å². The Balaban J connectivity index is 2.27. The minimum absolute atomic E-state index is 0.457. The molecule has 0 unspecified atom stereocenters. The highest BCUT2D eigenvalue weighted by molar-refractivity contribution is 6.15. The maximum Gasteiger partial charge on any atom is 0.229 e. The zero-order valence-electron chi connectivity index (χ0n) is 13.9. The first-order valence-corrected chi connectivity index (χ1v) is 7.87. The molecule has 0 saturated carbocycles. The van der Waals surface area contributed by atoms with Crippen molar-refractivity contribution in [2.24, 2.45) is 7.05 Å². The van der Waals surface area contributed by atoms with Gasteiger partial charge in [0.25, 0.3) is 0 Å². The van der Waals surface area contributed by atoms with Crippen molar-refractivity contribution >= 4 is 27.6 Å². The van der Waals surface area contributed by atoms with E-state index in [0.29, 0.717) is 22.4 Å². The molecular formula is C21H14N3O+. The molecule has 4 nitrogen and oxygen atoms in total. The average Bonchev–Trinajstić information content (AvgIpc) is 3.01. The average molecular weight is 324 g/mol. The summed E-state index contributed by atoms with van der Waals surface area (Å²) in [4.78, 5) is 3.56. The van der Waals surface area contributed by atoms with Gasteiger partial charge in [0.1, 0.15) is 18.2 Å². The number of rotatable bonds is 1. The van der Waals surface area contributed by atoms with Gasteiger partial charge in [-0.15, -0.1) is 0 Å². The molecule has 0 fully saturated rings. The van der Waals surface area contributed by atoms with Crippen LogP contribution in [0.1, 0.15) is 11.1 Å². The molecule has 0 bridgehead atoms. The zero-order chi connectivity index (χ0) is 17.6. The summed E-state index contributed by atoms with van der Waals surface area (Å²) in [6.07, 6.45) is 1.98. The number of nitriles is 1. The number of aromatic nitrogens is 1. The number of aryl methyl sites for hydroxylation is 2. The Morgan fingerprint density at radius 3 is 2.72 bits per heavy atom. The molecular weight excluding hydrogens is 310 g/mol. The Labute approximate surface area is 145 Å². The molecule has 2 aromatic carbocycles. The molecule has 0 aliphatic rings. The summed E-state index contributed by atoms with van der Waals surface area (Å²) in [7, 11) is 1.98. The molecule has 0 saturated heterocycles. The van der Waals surface area contributed by atoms with Gasteiger partial charge in [0.2, 0.25) is 11.4 Å². The number of furan rings is 1. The Hall–Kier alpha value is -3.63. The van der Waals surface area contributed by atoms with Crippen LogP contribution in [0.2, 0.25) is 0 Å². The molecule has 0 radical (unpaired) electrons. The standard InChI is InChI=1S/C21H14N3O/c1-13-11-14(12-22)19-15-7-6-8-16(23-2)20(15)25-21(19)18(13)17-9-4-5-10-24(17)3/h4-11H,1,3H3/q+1. The van der Waals surface area contributed by atoms with E-state index in [4.69, 9.17) is 11.0 Å². The fraction of sp³-hybridized carbons (Fsp3) is 0.0952. The highest BCUT2D eigenvalue weighted by Crippen LogP contribution is 2.41. The molecule has 4 heteroatoms. The molecule has 4 aromatic rings. The number of nitrogens with zero attached hydrogens (tertiary/aromatic N) is 3. The second-order valence-corrected chi connectivity index (χ2v) is 6.00. The molecule has 2 aromatic heterocycles. The summed E-state index contributed by atoms with van der Waals surface area (Å²) in [5, 5.41) is 11.2. The SMILES string of the molecule is [C-]#[N+]c1cccc2c1oc1c(-c3cccc[n+]3C)c(C)cc(C#N)c12. The largest absolute Gasteiger partial charge is 0.466 e. The zero-order valence-corrected chi connectivity index (χ0v) is 13.9. The van der Waals surface area contributed by atoms with E-state index in [1.54, 1.807) is 6.07 Å². The lowest BCUT2D eigenvalue weighted by Gasteiger charge is -2.06. The van der Waals surface area contributed by atoms with Gasteiger partial charge in [-0.05, 0) is 24.6 Å². The van der Waals surface area contributed by atoms with Crippen LogP contribution in [0.25, 0.3) is 38.0 Å². The summed E-state index contributed by atoms with van der Waals surface area (Å²) in [5.41, 5.74) is 5.13. The molecule has 0 amide bonds. The summed E-state index contributed by atoms with van der Waals surface area (Å²) in [6, 6.07) is 15.6. The number of hydrogen-bond acceptors (Lipinski definition) is 2. The molecule has 0 aliphatic carbocycles. The van der Waals surface area contributed by atoms with Crippen molar-refractivity contribution in [2.45, 2.75) is 6.92 Å². The quantitative estimate of drug-likeness (QED) is 0.372. The van der Waals surface area contributed by atoms with Crippen molar-refractivity contribution in [1.29, 1.82) is 5.26 Å². The normalized spacial score (nSPS) is 10.7. The number of hydrogen-bond donors (Lipinski definition) is 0. The molecule has 25 heavy (non-hydrogen) atoms. The van der Waals surface area contributed by atoms with Crippen molar-refractivity contribution in [3.8, 4) is 17.3 Å². The van der Waals surface area contributed by atoms with Gasteiger partial charge in [0.05, 0.1) is 23.8 Å².